The second-order valence-corrected chi connectivity index (χ2v) is 6.31. The number of para-hydroxylation sites is 1. The Labute approximate surface area is 119 Å². The fourth-order valence-electron chi connectivity index (χ4n) is 2.79. The lowest BCUT2D eigenvalue weighted by molar-refractivity contribution is 0.338. The fraction of sp³-hybridized carbons (Fsp3) is 0.500. The minimum absolute atomic E-state index is 0.517. The molecule has 19 heavy (non-hydrogen) atoms. The summed E-state index contributed by atoms with van der Waals surface area (Å²) in [5.41, 5.74) is 2.47. The summed E-state index contributed by atoms with van der Waals surface area (Å²) < 4.78 is 5.57. The number of nitrogens with one attached hydrogen (secondary N) is 1. The highest BCUT2D eigenvalue weighted by atomic mass is 35.5. The monoisotopic (exact) mass is 277 g/mol. The van der Waals surface area contributed by atoms with E-state index in [4.69, 9.17) is 16.0 Å². The van der Waals surface area contributed by atoms with E-state index in [1.165, 1.54) is 12.8 Å². The van der Waals surface area contributed by atoms with E-state index in [2.05, 4.69) is 25.2 Å². The van der Waals surface area contributed by atoms with Crippen molar-refractivity contribution < 1.29 is 4.42 Å². The number of halogens is 1. The van der Waals surface area contributed by atoms with Crippen molar-refractivity contribution in [1.82, 2.24) is 5.32 Å². The quantitative estimate of drug-likeness (QED) is 0.863. The van der Waals surface area contributed by atoms with Crippen LogP contribution >= 0.6 is 11.6 Å². The molecule has 0 amide bonds. The molecule has 1 aliphatic carbocycles. The van der Waals surface area contributed by atoms with Gasteiger partial charge in [-0.3, -0.25) is 0 Å². The molecule has 1 fully saturated rings. The smallest absolute Gasteiger partial charge is 0.199 e. The van der Waals surface area contributed by atoms with E-state index in [1.54, 1.807) is 0 Å². The average Bonchev–Trinajstić information content (AvgIpc) is 3.10. The molecule has 2 nitrogen and oxygen atoms in total. The molecule has 0 aliphatic heterocycles. The number of benzene rings is 1. The van der Waals surface area contributed by atoms with Crippen LogP contribution in [0.25, 0.3) is 11.0 Å². The summed E-state index contributed by atoms with van der Waals surface area (Å²) in [7, 11) is 0. The Kier molecular flexibility index (Phi) is 3.32. The van der Waals surface area contributed by atoms with Gasteiger partial charge in [0.05, 0.1) is 0 Å². The Hall–Kier alpha value is -0.990. The molecule has 0 saturated heterocycles. The summed E-state index contributed by atoms with van der Waals surface area (Å²) in [5.74, 6) is 0.747. The summed E-state index contributed by atoms with van der Waals surface area (Å²) in [6.07, 6.45) is 2.69. The van der Waals surface area contributed by atoms with E-state index in [0.29, 0.717) is 10.6 Å². The van der Waals surface area contributed by atoms with Crippen LogP contribution in [0.2, 0.25) is 5.22 Å². The molecule has 0 radical (unpaired) electrons. The van der Waals surface area contributed by atoms with E-state index >= 15 is 0 Å². The Balaban J connectivity index is 1.70. The summed E-state index contributed by atoms with van der Waals surface area (Å²) >= 11 is 6.19. The third kappa shape index (κ3) is 2.39. The molecule has 0 atom stereocenters. The van der Waals surface area contributed by atoms with Gasteiger partial charge >= 0.3 is 0 Å². The predicted octanol–water partition coefficient (Wildman–Crippen LogP) is 4.61. The lowest BCUT2D eigenvalue weighted by atomic mass is 9.92. The van der Waals surface area contributed by atoms with E-state index in [1.807, 2.05) is 18.2 Å². The van der Waals surface area contributed by atoms with Gasteiger partial charge in [0.1, 0.15) is 5.58 Å². The first kappa shape index (κ1) is 13.0. The van der Waals surface area contributed by atoms with Crippen LogP contribution < -0.4 is 5.32 Å². The first-order chi connectivity index (χ1) is 9.12. The van der Waals surface area contributed by atoms with Crippen LogP contribution in [0.4, 0.5) is 0 Å². The van der Waals surface area contributed by atoms with Gasteiger partial charge in [0.2, 0.25) is 0 Å². The van der Waals surface area contributed by atoms with Crippen molar-refractivity contribution in [1.29, 1.82) is 0 Å². The Morgan fingerprint density at radius 2 is 2.05 bits per heavy atom. The average molecular weight is 278 g/mol. The molecule has 1 heterocycles. The van der Waals surface area contributed by atoms with Gasteiger partial charge in [-0.25, -0.2) is 0 Å². The molecule has 1 saturated carbocycles. The highest BCUT2D eigenvalue weighted by Crippen LogP contribution is 2.51. The van der Waals surface area contributed by atoms with Crippen molar-refractivity contribution in [2.45, 2.75) is 33.2 Å². The van der Waals surface area contributed by atoms with E-state index < -0.39 is 0 Å². The van der Waals surface area contributed by atoms with Gasteiger partial charge in [-0.1, -0.05) is 32.0 Å². The first-order valence-electron chi connectivity index (χ1n) is 6.99. The van der Waals surface area contributed by atoms with Crippen LogP contribution in [0.15, 0.2) is 28.7 Å². The highest BCUT2D eigenvalue weighted by Gasteiger charge is 2.44. The van der Waals surface area contributed by atoms with Gasteiger partial charge in [-0.05, 0) is 41.8 Å². The third-order valence-corrected chi connectivity index (χ3v) is 4.85. The lowest BCUT2D eigenvalue weighted by Crippen LogP contribution is -2.27. The van der Waals surface area contributed by atoms with Gasteiger partial charge in [0, 0.05) is 24.0 Å². The Bertz CT molecular complexity index is 583. The Morgan fingerprint density at radius 3 is 2.74 bits per heavy atom. The van der Waals surface area contributed by atoms with E-state index in [0.717, 1.165) is 35.5 Å². The molecule has 1 N–H and O–H groups in total. The maximum Gasteiger partial charge on any atom is 0.199 e. The molecule has 0 spiro atoms. The minimum Gasteiger partial charge on any atom is -0.444 e. The van der Waals surface area contributed by atoms with Crippen molar-refractivity contribution in [3.63, 3.8) is 0 Å². The van der Waals surface area contributed by atoms with Crippen LogP contribution in [0.3, 0.4) is 0 Å². The van der Waals surface area contributed by atoms with Gasteiger partial charge in [-0.15, -0.1) is 0 Å². The van der Waals surface area contributed by atoms with Crippen LogP contribution in [0.5, 0.6) is 0 Å². The third-order valence-electron chi connectivity index (χ3n) is 4.54. The zero-order valence-electron chi connectivity index (χ0n) is 11.5. The topological polar surface area (TPSA) is 25.2 Å². The number of rotatable bonds is 5. The molecule has 1 aromatic carbocycles. The van der Waals surface area contributed by atoms with Crippen molar-refractivity contribution in [3.05, 3.63) is 35.0 Å². The largest absolute Gasteiger partial charge is 0.444 e. The SMILES string of the molecule is CC(C)C1(CNCc2c(Cl)oc3ccccc23)CC1. The first-order valence-corrected chi connectivity index (χ1v) is 7.37. The van der Waals surface area contributed by atoms with Crippen LogP contribution in [-0.4, -0.2) is 6.54 Å². The van der Waals surface area contributed by atoms with E-state index in [-0.39, 0.29) is 0 Å². The van der Waals surface area contributed by atoms with Crippen molar-refractivity contribution in [2.75, 3.05) is 6.54 Å². The van der Waals surface area contributed by atoms with Crippen molar-refractivity contribution >= 4 is 22.6 Å². The normalized spacial score (nSPS) is 17.3. The number of hydrogen-bond acceptors (Lipinski definition) is 2. The molecule has 2 aromatic rings. The second kappa shape index (κ2) is 4.84. The summed E-state index contributed by atoms with van der Waals surface area (Å²) in [6, 6.07) is 8.02. The van der Waals surface area contributed by atoms with Crippen molar-refractivity contribution in [2.24, 2.45) is 11.3 Å². The molecule has 0 unspecified atom stereocenters. The molecule has 102 valence electrons. The van der Waals surface area contributed by atoms with Gasteiger partial charge in [0.25, 0.3) is 0 Å². The van der Waals surface area contributed by atoms with E-state index in [9.17, 15) is 0 Å². The van der Waals surface area contributed by atoms with Gasteiger partial charge < -0.3 is 9.73 Å². The Morgan fingerprint density at radius 1 is 1.32 bits per heavy atom. The van der Waals surface area contributed by atoms with Crippen LogP contribution in [-0.2, 0) is 6.54 Å². The maximum atomic E-state index is 6.19. The molecule has 0 bridgehead atoms. The zero-order valence-corrected chi connectivity index (χ0v) is 12.3. The molecule has 1 aromatic heterocycles. The molecule has 3 heteroatoms. The molecule has 3 rings (SSSR count). The van der Waals surface area contributed by atoms with Gasteiger partial charge in [-0.2, -0.15) is 0 Å². The summed E-state index contributed by atoms with van der Waals surface area (Å²) in [4.78, 5) is 0. The summed E-state index contributed by atoms with van der Waals surface area (Å²) in [6.45, 7) is 6.48. The zero-order chi connectivity index (χ0) is 13.5. The fourth-order valence-corrected chi connectivity index (χ4v) is 3.04. The standard InChI is InChI=1S/C16H20ClNO/c1-11(2)16(7-8-16)10-18-9-13-12-5-3-4-6-14(12)19-15(13)17/h3-6,11,18H,7-10H2,1-2H3. The van der Waals surface area contributed by atoms with Crippen LogP contribution in [0, 0.1) is 11.3 Å². The second-order valence-electron chi connectivity index (χ2n) is 5.97. The number of hydrogen-bond donors (Lipinski definition) is 1. The molecular formula is C16H20ClNO. The van der Waals surface area contributed by atoms with Gasteiger partial charge in [0.15, 0.2) is 5.22 Å². The van der Waals surface area contributed by atoms with Crippen LogP contribution in [0.1, 0.15) is 32.3 Å². The predicted molar refractivity (Wildman–Crippen MR) is 79.4 cm³/mol. The minimum atomic E-state index is 0.517. The maximum absolute atomic E-state index is 6.19. The molecule has 1 aliphatic rings. The highest BCUT2D eigenvalue weighted by molar-refractivity contribution is 6.30. The number of furan rings is 1. The number of fused-ring (bicyclic) bond motifs is 1. The van der Waals surface area contributed by atoms with Crippen molar-refractivity contribution in [3.8, 4) is 0 Å². The summed E-state index contributed by atoms with van der Waals surface area (Å²) in [5, 5.41) is 5.20. The molecular weight excluding hydrogens is 258 g/mol. The lowest BCUT2D eigenvalue weighted by Gasteiger charge is -2.19.